The highest BCUT2D eigenvalue weighted by molar-refractivity contribution is 5.92. The summed E-state index contributed by atoms with van der Waals surface area (Å²) in [5.74, 6) is 1.19. The summed E-state index contributed by atoms with van der Waals surface area (Å²) in [4.78, 5) is 21.3. The summed E-state index contributed by atoms with van der Waals surface area (Å²) in [5.41, 5.74) is 3.03. The van der Waals surface area contributed by atoms with Crippen LogP contribution in [0, 0.1) is 5.92 Å². The van der Waals surface area contributed by atoms with Gasteiger partial charge in [-0.05, 0) is 54.7 Å². The van der Waals surface area contributed by atoms with Crippen LogP contribution in [0.5, 0.6) is 11.5 Å². The van der Waals surface area contributed by atoms with Crippen LogP contribution >= 0.6 is 0 Å². The SMILES string of the molecule is CCCCc1ccc(C(=O)Oc2ccc(OCC(C)CC)cc2-c2cnccn2)cc1. The number of aromatic nitrogens is 2. The van der Waals surface area contributed by atoms with Crippen molar-refractivity contribution in [2.45, 2.75) is 46.5 Å². The molecular weight excluding hydrogens is 388 g/mol. The van der Waals surface area contributed by atoms with Crippen LogP contribution in [0.1, 0.15) is 56.0 Å². The van der Waals surface area contributed by atoms with Gasteiger partial charge in [-0.25, -0.2) is 4.79 Å². The van der Waals surface area contributed by atoms with Gasteiger partial charge in [0.25, 0.3) is 0 Å². The molecule has 0 saturated carbocycles. The monoisotopic (exact) mass is 418 g/mol. The average molecular weight is 419 g/mol. The van der Waals surface area contributed by atoms with Crippen molar-refractivity contribution in [3.8, 4) is 22.8 Å². The van der Waals surface area contributed by atoms with E-state index in [1.54, 1.807) is 24.7 Å². The number of rotatable bonds is 10. The molecule has 2 aromatic carbocycles. The largest absolute Gasteiger partial charge is 0.493 e. The zero-order valence-electron chi connectivity index (χ0n) is 18.5. The molecule has 0 fully saturated rings. The van der Waals surface area contributed by atoms with Crippen LogP contribution in [0.4, 0.5) is 0 Å². The first kappa shape index (κ1) is 22.5. The summed E-state index contributed by atoms with van der Waals surface area (Å²) in [6.45, 7) is 7.08. The Morgan fingerprint density at radius 1 is 1.06 bits per heavy atom. The number of carbonyl (C=O) groups is 1. The second-order valence-electron chi connectivity index (χ2n) is 7.76. The molecule has 1 unspecified atom stereocenters. The molecule has 0 saturated heterocycles. The van der Waals surface area contributed by atoms with E-state index in [2.05, 4.69) is 30.7 Å². The average Bonchev–Trinajstić information content (AvgIpc) is 2.82. The Morgan fingerprint density at radius 2 is 1.87 bits per heavy atom. The number of hydrogen-bond acceptors (Lipinski definition) is 5. The third kappa shape index (κ3) is 6.38. The molecule has 162 valence electrons. The standard InChI is InChI=1S/C26H30N2O3/c1-4-6-7-20-8-10-21(11-9-20)26(29)31-25-13-12-22(30-18-19(3)5-2)16-23(25)24-17-27-14-15-28-24/h8-17,19H,4-7,18H2,1-3H3. The van der Waals surface area contributed by atoms with Crippen molar-refractivity contribution in [2.75, 3.05) is 6.61 Å². The molecule has 3 aromatic rings. The molecule has 0 bridgehead atoms. The molecule has 1 atom stereocenters. The third-order valence-electron chi connectivity index (χ3n) is 5.23. The summed E-state index contributed by atoms with van der Waals surface area (Å²) in [6.07, 6.45) is 9.21. The number of aryl methyl sites for hydroxylation is 1. The fraction of sp³-hybridized carbons (Fsp3) is 0.346. The third-order valence-corrected chi connectivity index (χ3v) is 5.23. The van der Waals surface area contributed by atoms with Crippen LogP contribution in [-0.4, -0.2) is 22.5 Å². The smallest absolute Gasteiger partial charge is 0.343 e. The summed E-state index contributed by atoms with van der Waals surface area (Å²) in [6, 6.07) is 13.0. The van der Waals surface area contributed by atoms with Gasteiger partial charge in [-0.15, -0.1) is 0 Å². The topological polar surface area (TPSA) is 61.3 Å². The van der Waals surface area contributed by atoms with Crippen LogP contribution in [0.15, 0.2) is 61.1 Å². The van der Waals surface area contributed by atoms with Gasteiger partial charge in [0.15, 0.2) is 0 Å². The normalized spacial score (nSPS) is 11.7. The second-order valence-corrected chi connectivity index (χ2v) is 7.76. The van der Waals surface area contributed by atoms with Crippen LogP contribution in [-0.2, 0) is 6.42 Å². The molecule has 31 heavy (non-hydrogen) atoms. The lowest BCUT2D eigenvalue weighted by molar-refractivity contribution is 0.0735. The molecule has 1 heterocycles. The van der Waals surface area contributed by atoms with Crippen molar-refractivity contribution in [3.63, 3.8) is 0 Å². The Morgan fingerprint density at radius 3 is 2.55 bits per heavy atom. The quantitative estimate of drug-likeness (QED) is 0.293. The summed E-state index contributed by atoms with van der Waals surface area (Å²) < 4.78 is 11.7. The minimum atomic E-state index is -0.402. The van der Waals surface area contributed by atoms with Gasteiger partial charge in [-0.2, -0.15) is 0 Å². The number of unbranched alkanes of at least 4 members (excludes halogenated alkanes) is 1. The molecule has 0 spiro atoms. The Bertz CT molecular complexity index is 972. The Hall–Kier alpha value is -3.21. The van der Waals surface area contributed by atoms with E-state index in [1.165, 1.54) is 5.56 Å². The maximum Gasteiger partial charge on any atom is 0.343 e. The molecule has 0 radical (unpaired) electrons. The van der Waals surface area contributed by atoms with Gasteiger partial charge in [0.1, 0.15) is 11.5 Å². The predicted octanol–water partition coefficient (Wildman–Crippen LogP) is 6.13. The molecule has 5 heteroatoms. The first-order valence-electron chi connectivity index (χ1n) is 10.9. The van der Waals surface area contributed by atoms with E-state index in [4.69, 9.17) is 9.47 Å². The van der Waals surface area contributed by atoms with Gasteiger partial charge in [0.2, 0.25) is 0 Å². The van der Waals surface area contributed by atoms with Crippen molar-refractivity contribution >= 4 is 5.97 Å². The Kier molecular flexibility index (Phi) is 8.16. The molecule has 5 nitrogen and oxygen atoms in total. The first-order valence-corrected chi connectivity index (χ1v) is 10.9. The van der Waals surface area contributed by atoms with E-state index in [9.17, 15) is 4.79 Å². The van der Waals surface area contributed by atoms with Crippen LogP contribution in [0.25, 0.3) is 11.3 Å². The lowest BCUT2D eigenvalue weighted by Crippen LogP contribution is -2.10. The maximum absolute atomic E-state index is 12.8. The zero-order chi connectivity index (χ0) is 22.1. The van der Waals surface area contributed by atoms with Crippen LogP contribution < -0.4 is 9.47 Å². The fourth-order valence-corrected chi connectivity index (χ4v) is 3.03. The molecule has 1 aromatic heterocycles. The predicted molar refractivity (Wildman–Crippen MR) is 122 cm³/mol. The molecule has 0 aliphatic heterocycles. The van der Waals surface area contributed by atoms with Crippen molar-refractivity contribution in [1.82, 2.24) is 9.97 Å². The number of hydrogen-bond donors (Lipinski definition) is 0. The minimum Gasteiger partial charge on any atom is -0.493 e. The summed E-state index contributed by atoms with van der Waals surface area (Å²) in [7, 11) is 0. The van der Waals surface area contributed by atoms with E-state index in [-0.39, 0.29) is 0 Å². The lowest BCUT2D eigenvalue weighted by atomic mass is 10.1. The van der Waals surface area contributed by atoms with Gasteiger partial charge >= 0.3 is 5.97 Å². The van der Waals surface area contributed by atoms with Gasteiger partial charge in [0, 0.05) is 18.0 Å². The van der Waals surface area contributed by atoms with Crippen LogP contribution in [0.2, 0.25) is 0 Å². The lowest BCUT2D eigenvalue weighted by Gasteiger charge is -2.14. The van der Waals surface area contributed by atoms with E-state index < -0.39 is 5.97 Å². The van der Waals surface area contributed by atoms with Gasteiger partial charge in [-0.1, -0.05) is 45.7 Å². The van der Waals surface area contributed by atoms with Gasteiger partial charge < -0.3 is 9.47 Å². The summed E-state index contributed by atoms with van der Waals surface area (Å²) in [5, 5.41) is 0. The number of esters is 1. The van der Waals surface area contributed by atoms with Crippen molar-refractivity contribution in [1.29, 1.82) is 0 Å². The first-order chi connectivity index (χ1) is 15.1. The number of ether oxygens (including phenoxy) is 2. The fourth-order valence-electron chi connectivity index (χ4n) is 3.03. The van der Waals surface area contributed by atoms with E-state index in [0.717, 1.165) is 25.7 Å². The Labute approximate surface area is 184 Å². The van der Waals surface area contributed by atoms with Crippen LogP contribution in [0.3, 0.4) is 0 Å². The molecular formula is C26H30N2O3. The summed E-state index contributed by atoms with van der Waals surface area (Å²) >= 11 is 0. The maximum atomic E-state index is 12.8. The second kappa shape index (κ2) is 11.3. The van der Waals surface area contributed by atoms with E-state index >= 15 is 0 Å². The number of carbonyl (C=O) groups excluding carboxylic acids is 1. The highest BCUT2D eigenvalue weighted by atomic mass is 16.5. The molecule has 0 amide bonds. The van der Waals surface area contributed by atoms with Crippen molar-refractivity contribution < 1.29 is 14.3 Å². The van der Waals surface area contributed by atoms with Gasteiger partial charge in [0.05, 0.1) is 24.1 Å². The van der Waals surface area contributed by atoms with E-state index in [0.29, 0.717) is 40.8 Å². The van der Waals surface area contributed by atoms with Crippen molar-refractivity contribution in [3.05, 3.63) is 72.2 Å². The Balaban J connectivity index is 1.81. The molecule has 0 N–H and O–H groups in total. The highest BCUT2D eigenvalue weighted by Gasteiger charge is 2.15. The molecule has 0 aliphatic rings. The minimum absolute atomic E-state index is 0.402. The molecule has 3 rings (SSSR count). The van der Waals surface area contributed by atoms with Gasteiger partial charge in [-0.3, -0.25) is 9.97 Å². The van der Waals surface area contributed by atoms with E-state index in [1.807, 2.05) is 36.4 Å². The number of nitrogens with zero attached hydrogens (tertiary/aromatic N) is 2. The highest BCUT2D eigenvalue weighted by Crippen LogP contribution is 2.33. The number of benzene rings is 2. The zero-order valence-corrected chi connectivity index (χ0v) is 18.5. The van der Waals surface area contributed by atoms with Crippen molar-refractivity contribution in [2.24, 2.45) is 5.92 Å². The molecule has 0 aliphatic carbocycles.